The van der Waals surface area contributed by atoms with Gasteiger partial charge in [-0.25, -0.2) is 9.78 Å². The predicted molar refractivity (Wildman–Crippen MR) is 64.6 cm³/mol. The summed E-state index contributed by atoms with van der Waals surface area (Å²) in [5.74, 6) is 0. The van der Waals surface area contributed by atoms with Crippen LogP contribution in [0.3, 0.4) is 0 Å². The maximum absolute atomic E-state index is 5.03. The minimum absolute atomic E-state index is 0.471. The fourth-order valence-electron chi connectivity index (χ4n) is 1.14. The maximum atomic E-state index is 5.03. The van der Waals surface area contributed by atoms with Crippen LogP contribution in [-0.4, -0.2) is 13.2 Å². The van der Waals surface area contributed by atoms with Gasteiger partial charge in [-0.05, 0) is 25.2 Å². The van der Waals surface area contributed by atoms with Crippen LogP contribution in [0.5, 0.6) is 0 Å². The molecule has 0 amide bonds. The van der Waals surface area contributed by atoms with Crippen molar-refractivity contribution in [3.8, 4) is 0 Å². The van der Waals surface area contributed by atoms with Crippen LogP contribution < -0.4 is 0 Å². The Morgan fingerprint density at radius 3 is 2.40 bits per heavy atom. The van der Waals surface area contributed by atoms with E-state index in [1.54, 1.807) is 0 Å². The molecule has 0 fully saturated rings. The lowest BCUT2D eigenvalue weighted by Gasteiger charge is -2.21. The van der Waals surface area contributed by atoms with E-state index in [4.69, 9.17) is 9.78 Å². The fourth-order valence-corrected chi connectivity index (χ4v) is 1.14. The van der Waals surface area contributed by atoms with Gasteiger partial charge in [-0.1, -0.05) is 45.8 Å². The summed E-state index contributed by atoms with van der Waals surface area (Å²) in [7, 11) is 0. The molecule has 0 bridgehead atoms. The normalized spacial score (nSPS) is 11.7. The van der Waals surface area contributed by atoms with Gasteiger partial charge in [-0.3, -0.25) is 0 Å². The zero-order valence-electron chi connectivity index (χ0n) is 10.8. The maximum Gasteiger partial charge on any atom is 0.103 e. The molecule has 0 radical (unpaired) electrons. The minimum atomic E-state index is 0.471. The quantitative estimate of drug-likeness (QED) is 0.249. The van der Waals surface area contributed by atoms with Crippen LogP contribution in [0.15, 0.2) is 12.2 Å². The summed E-state index contributed by atoms with van der Waals surface area (Å²) in [5, 5.41) is 0. The van der Waals surface area contributed by atoms with E-state index < -0.39 is 0 Å². The van der Waals surface area contributed by atoms with Gasteiger partial charge >= 0.3 is 0 Å². The molecule has 15 heavy (non-hydrogen) atoms. The highest BCUT2D eigenvalue weighted by Gasteiger charge is 2.13. The summed E-state index contributed by atoms with van der Waals surface area (Å²) in [6, 6.07) is 0. The van der Waals surface area contributed by atoms with Gasteiger partial charge < -0.3 is 0 Å². The fraction of sp³-hybridized carbons (Fsp3) is 0.846. The van der Waals surface area contributed by atoms with Gasteiger partial charge in [0.2, 0.25) is 0 Å². The number of hydrogen-bond acceptors (Lipinski definition) is 2. The lowest BCUT2D eigenvalue weighted by Crippen LogP contribution is -2.09. The van der Waals surface area contributed by atoms with E-state index in [1.165, 1.54) is 19.3 Å². The SMILES string of the molecule is C=C(C)COOCCCCC(C)(C)CC. The van der Waals surface area contributed by atoms with E-state index in [9.17, 15) is 0 Å². The number of rotatable bonds is 9. The van der Waals surface area contributed by atoms with Crippen molar-refractivity contribution in [1.29, 1.82) is 0 Å². The first-order valence-electron chi connectivity index (χ1n) is 5.87. The lowest BCUT2D eigenvalue weighted by atomic mass is 9.85. The Balaban J connectivity index is 3.22. The van der Waals surface area contributed by atoms with Crippen LogP contribution in [-0.2, 0) is 9.78 Å². The van der Waals surface area contributed by atoms with Crippen LogP contribution >= 0.6 is 0 Å². The Kier molecular flexibility index (Phi) is 7.71. The van der Waals surface area contributed by atoms with Crippen molar-refractivity contribution < 1.29 is 9.78 Å². The van der Waals surface area contributed by atoms with Crippen LogP contribution in [0.2, 0.25) is 0 Å². The van der Waals surface area contributed by atoms with Crippen LogP contribution in [0.4, 0.5) is 0 Å². The summed E-state index contributed by atoms with van der Waals surface area (Å²) in [5.41, 5.74) is 1.46. The van der Waals surface area contributed by atoms with Crippen LogP contribution in [0, 0.1) is 5.41 Å². The first-order valence-corrected chi connectivity index (χ1v) is 5.87. The molecule has 0 aromatic rings. The van der Waals surface area contributed by atoms with Crippen molar-refractivity contribution in [2.24, 2.45) is 5.41 Å². The Labute approximate surface area is 94.6 Å². The van der Waals surface area contributed by atoms with Gasteiger partial charge in [-0.15, -0.1) is 0 Å². The molecule has 0 aliphatic heterocycles. The van der Waals surface area contributed by atoms with Gasteiger partial charge in [0.15, 0.2) is 0 Å². The predicted octanol–water partition coefficient (Wildman–Crippen LogP) is 4.12. The van der Waals surface area contributed by atoms with Gasteiger partial charge in [0.25, 0.3) is 0 Å². The van der Waals surface area contributed by atoms with Gasteiger partial charge in [0.1, 0.15) is 6.61 Å². The molecule has 0 aliphatic rings. The molecule has 0 saturated heterocycles. The van der Waals surface area contributed by atoms with Crippen molar-refractivity contribution in [2.75, 3.05) is 13.2 Å². The first-order chi connectivity index (χ1) is 6.98. The Bertz CT molecular complexity index is 173. The minimum Gasteiger partial charge on any atom is -0.236 e. The summed E-state index contributed by atoms with van der Waals surface area (Å²) in [4.78, 5) is 9.99. The molecule has 0 atom stereocenters. The molecule has 0 aliphatic carbocycles. The van der Waals surface area contributed by atoms with Crippen molar-refractivity contribution in [3.05, 3.63) is 12.2 Å². The Hall–Kier alpha value is -0.340. The molecular formula is C13H26O2. The second-order valence-electron chi connectivity index (χ2n) is 5.02. The van der Waals surface area contributed by atoms with Gasteiger partial charge in [0.05, 0.1) is 6.61 Å². The molecule has 0 N–H and O–H groups in total. The van der Waals surface area contributed by atoms with Gasteiger partial charge in [0, 0.05) is 0 Å². The standard InChI is InChI=1S/C13H26O2/c1-6-13(4,5)9-7-8-10-14-15-11-12(2)3/h2,6-11H2,1,3-5H3. The molecule has 0 unspecified atom stereocenters. The average molecular weight is 214 g/mol. The molecular weight excluding hydrogens is 188 g/mol. The zero-order valence-corrected chi connectivity index (χ0v) is 10.8. The third kappa shape index (κ3) is 9.95. The van der Waals surface area contributed by atoms with E-state index in [0.717, 1.165) is 12.0 Å². The molecule has 0 heterocycles. The average Bonchev–Trinajstić information content (AvgIpc) is 2.16. The number of hydrogen-bond donors (Lipinski definition) is 0. The monoisotopic (exact) mass is 214 g/mol. The molecule has 0 saturated carbocycles. The smallest absolute Gasteiger partial charge is 0.103 e. The van der Waals surface area contributed by atoms with Crippen molar-refractivity contribution >= 4 is 0 Å². The van der Waals surface area contributed by atoms with E-state index >= 15 is 0 Å². The van der Waals surface area contributed by atoms with Crippen molar-refractivity contribution in [2.45, 2.75) is 53.4 Å². The van der Waals surface area contributed by atoms with E-state index in [-0.39, 0.29) is 0 Å². The summed E-state index contributed by atoms with van der Waals surface area (Å²) < 4.78 is 0. The summed E-state index contributed by atoms with van der Waals surface area (Å²) >= 11 is 0. The number of unbranched alkanes of at least 4 members (excludes halogenated alkanes) is 1. The lowest BCUT2D eigenvalue weighted by molar-refractivity contribution is -0.288. The van der Waals surface area contributed by atoms with Crippen LogP contribution in [0.1, 0.15) is 53.4 Å². The largest absolute Gasteiger partial charge is 0.236 e. The molecule has 0 rings (SSSR count). The highest BCUT2D eigenvalue weighted by Crippen LogP contribution is 2.26. The Morgan fingerprint density at radius 2 is 1.87 bits per heavy atom. The third-order valence-corrected chi connectivity index (χ3v) is 2.68. The highest BCUT2D eigenvalue weighted by atomic mass is 17.2. The Morgan fingerprint density at radius 1 is 1.20 bits per heavy atom. The van der Waals surface area contributed by atoms with Crippen molar-refractivity contribution in [3.63, 3.8) is 0 Å². The molecule has 90 valence electrons. The van der Waals surface area contributed by atoms with Crippen LogP contribution in [0.25, 0.3) is 0 Å². The molecule has 0 aromatic heterocycles. The third-order valence-electron chi connectivity index (χ3n) is 2.68. The van der Waals surface area contributed by atoms with E-state index in [2.05, 4.69) is 27.4 Å². The van der Waals surface area contributed by atoms with E-state index in [0.29, 0.717) is 18.6 Å². The second kappa shape index (κ2) is 7.89. The molecule has 0 spiro atoms. The second-order valence-corrected chi connectivity index (χ2v) is 5.02. The van der Waals surface area contributed by atoms with E-state index in [1.807, 2.05) is 6.92 Å². The first kappa shape index (κ1) is 14.7. The highest BCUT2D eigenvalue weighted by molar-refractivity contribution is 4.86. The summed E-state index contributed by atoms with van der Waals surface area (Å²) in [6.07, 6.45) is 4.77. The van der Waals surface area contributed by atoms with Gasteiger partial charge in [-0.2, -0.15) is 0 Å². The molecule has 2 nitrogen and oxygen atoms in total. The summed E-state index contributed by atoms with van der Waals surface area (Å²) in [6.45, 7) is 13.7. The zero-order chi connectivity index (χ0) is 11.7. The molecule has 2 heteroatoms. The molecule has 0 aromatic carbocycles. The topological polar surface area (TPSA) is 18.5 Å². The van der Waals surface area contributed by atoms with Crippen molar-refractivity contribution in [1.82, 2.24) is 0 Å².